The number of aromatic nitrogens is 2. The highest BCUT2D eigenvalue weighted by atomic mass is 19.1. The number of rotatable bonds is 2. The van der Waals surface area contributed by atoms with Gasteiger partial charge in [0.1, 0.15) is 23.1 Å². The number of hydrogen-bond acceptors (Lipinski definition) is 4. The fourth-order valence-electron chi connectivity index (χ4n) is 2.89. The number of halogens is 3. The first-order chi connectivity index (χ1) is 12.1. The summed E-state index contributed by atoms with van der Waals surface area (Å²) in [4.78, 5) is 20.6. The van der Waals surface area contributed by atoms with Crippen LogP contribution in [0.1, 0.15) is 27.2 Å². The Kier molecular flexibility index (Phi) is 4.72. The van der Waals surface area contributed by atoms with Gasteiger partial charge in [-0.25, -0.2) is 22.9 Å². The van der Waals surface area contributed by atoms with Crippen molar-refractivity contribution in [1.29, 1.82) is 0 Å². The highest BCUT2D eigenvalue weighted by Crippen LogP contribution is 2.24. The zero-order valence-corrected chi connectivity index (χ0v) is 14.8. The summed E-state index contributed by atoms with van der Waals surface area (Å²) in [6.07, 6.45) is -1.78. The van der Waals surface area contributed by atoms with Crippen LogP contribution < -0.4 is 10.2 Å². The number of nitrogens with one attached hydrogen (secondary N) is 2. The first-order valence-electron chi connectivity index (χ1n) is 8.36. The fraction of sp³-hybridized carbons (Fsp3) is 0.529. The van der Waals surface area contributed by atoms with Crippen LogP contribution in [0, 0.1) is 11.6 Å². The third-order valence-electron chi connectivity index (χ3n) is 4.02. The summed E-state index contributed by atoms with van der Waals surface area (Å²) >= 11 is 0. The Morgan fingerprint density at radius 1 is 1.38 bits per heavy atom. The first-order valence-corrected chi connectivity index (χ1v) is 8.36. The number of amides is 1. The van der Waals surface area contributed by atoms with Gasteiger partial charge in [0.25, 0.3) is 0 Å². The van der Waals surface area contributed by atoms with Gasteiger partial charge in [0, 0.05) is 19.2 Å². The lowest BCUT2D eigenvalue weighted by Gasteiger charge is -2.35. The minimum Gasteiger partial charge on any atom is -0.444 e. The predicted octanol–water partition coefficient (Wildman–Crippen LogP) is 3.28. The monoisotopic (exact) mass is 370 g/mol. The number of alkyl halides is 1. The molecule has 0 bridgehead atoms. The molecule has 3 rings (SSSR count). The largest absolute Gasteiger partial charge is 0.444 e. The van der Waals surface area contributed by atoms with Crippen LogP contribution in [0.25, 0.3) is 11.0 Å². The molecule has 2 N–H and O–H groups in total. The van der Waals surface area contributed by atoms with Gasteiger partial charge in [0.2, 0.25) is 5.95 Å². The number of aromatic amines is 1. The lowest BCUT2D eigenvalue weighted by Crippen LogP contribution is -2.54. The van der Waals surface area contributed by atoms with E-state index in [1.807, 2.05) is 0 Å². The SMILES string of the molecule is CC(C)(C)OC(=O)N[C@@H]1CN(c2nc3c(F)cc(F)cc3[nH]2)CC[C@H]1F. The van der Waals surface area contributed by atoms with Crippen molar-refractivity contribution in [2.75, 3.05) is 18.0 Å². The molecule has 2 aromatic rings. The highest BCUT2D eigenvalue weighted by Gasteiger charge is 2.33. The van der Waals surface area contributed by atoms with E-state index in [1.54, 1.807) is 25.7 Å². The number of anilines is 1. The third-order valence-corrected chi connectivity index (χ3v) is 4.02. The number of nitrogens with zero attached hydrogens (tertiary/aromatic N) is 2. The van der Waals surface area contributed by atoms with E-state index in [1.165, 1.54) is 0 Å². The van der Waals surface area contributed by atoms with Gasteiger partial charge in [0.05, 0.1) is 11.6 Å². The Hall–Kier alpha value is -2.45. The third kappa shape index (κ3) is 4.03. The number of H-pyrrole nitrogens is 1. The average molecular weight is 370 g/mol. The number of piperidine rings is 1. The first kappa shape index (κ1) is 18.3. The predicted molar refractivity (Wildman–Crippen MR) is 90.9 cm³/mol. The molecule has 1 aliphatic heterocycles. The summed E-state index contributed by atoms with van der Waals surface area (Å²) in [5, 5.41) is 2.53. The van der Waals surface area contributed by atoms with Crippen LogP contribution in [0.4, 0.5) is 23.9 Å². The molecule has 1 aromatic heterocycles. The van der Waals surface area contributed by atoms with Gasteiger partial charge in [0.15, 0.2) is 5.82 Å². The Labute approximate surface area is 148 Å². The van der Waals surface area contributed by atoms with Crippen LogP contribution in [0.5, 0.6) is 0 Å². The van der Waals surface area contributed by atoms with Crippen LogP contribution in [-0.4, -0.2) is 47.0 Å². The summed E-state index contributed by atoms with van der Waals surface area (Å²) in [5.41, 5.74) is -0.457. The van der Waals surface area contributed by atoms with E-state index in [9.17, 15) is 18.0 Å². The maximum atomic E-state index is 14.2. The van der Waals surface area contributed by atoms with Crippen LogP contribution in [0.15, 0.2) is 12.1 Å². The lowest BCUT2D eigenvalue weighted by atomic mass is 10.0. The van der Waals surface area contributed by atoms with Gasteiger partial charge in [-0.05, 0) is 33.3 Å². The molecule has 2 heterocycles. The number of hydrogen-bond donors (Lipinski definition) is 2. The second-order valence-electron chi connectivity index (χ2n) is 7.35. The second kappa shape index (κ2) is 6.69. The van der Waals surface area contributed by atoms with Gasteiger partial charge in [-0.3, -0.25) is 0 Å². The van der Waals surface area contributed by atoms with Gasteiger partial charge in [-0.15, -0.1) is 0 Å². The van der Waals surface area contributed by atoms with Crippen molar-refractivity contribution in [3.8, 4) is 0 Å². The van der Waals surface area contributed by atoms with Crippen LogP contribution in [-0.2, 0) is 4.74 Å². The molecule has 1 saturated heterocycles. The molecule has 1 aromatic carbocycles. The van der Waals surface area contributed by atoms with E-state index in [-0.39, 0.29) is 24.0 Å². The molecule has 26 heavy (non-hydrogen) atoms. The van der Waals surface area contributed by atoms with Crippen LogP contribution >= 0.6 is 0 Å². The minimum absolute atomic E-state index is 0.0143. The summed E-state index contributed by atoms with van der Waals surface area (Å²) in [6, 6.07) is 1.11. The summed E-state index contributed by atoms with van der Waals surface area (Å²) in [7, 11) is 0. The van der Waals surface area contributed by atoms with Gasteiger partial charge in [-0.2, -0.15) is 0 Å². The number of benzene rings is 1. The Morgan fingerprint density at radius 3 is 2.81 bits per heavy atom. The Bertz CT molecular complexity index is 818. The van der Waals surface area contributed by atoms with Crippen molar-refractivity contribution >= 4 is 23.1 Å². The topological polar surface area (TPSA) is 70.2 Å². The molecule has 0 aliphatic carbocycles. The van der Waals surface area contributed by atoms with Crippen molar-refractivity contribution in [3.63, 3.8) is 0 Å². The van der Waals surface area contributed by atoms with Crippen molar-refractivity contribution in [2.24, 2.45) is 0 Å². The maximum Gasteiger partial charge on any atom is 0.408 e. The van der Waals surface area contributed by atoms with E-state index in [2.05, 4.69) is 15.3 Å². The number of carbonyl (C=O) groups is 1. The average Bonchev–Trinajstić information content (AvgIpc) is 2.91. The van der Waals surface area contributed by atoms with E-state index < -0.39 is 35.5 Å². The fourth-order valence-corrected chi connectivity index (χ4v) is 2.89. The minimum atomic E-state index is -1.24. The molecule has 0 saturated carbocycles. The Morgan fingerprint density at radius 2 is 2.12 bits per heavy atom. The van der Waals surface area contributed by atoms with Crippen molar-refractivity contribution in [2.45, 2.75) is 45.0 Å². The molecule has 1 amide bonds. The van der Waals surface area contributed by atoms with Gasteiger partial charge < -0.3 is 19.9 Å². The number of alkyl carbamates (subject to hydrolysis) is 1. The molecular weight excluding hydrogens is 349 g/mol. The summed E-state index contributed by atoms with van der Waals surface area (Å²) < 4.78 is 46.5. The number of carbonyl (C=O) groups excluding carboxylic acids is 1. The summed E-state index contributed by atoms with van der Waals surface area (Å²) in [5.74, 6) is -1.18. The molecule has 1 fully saturated rings. The molecule has 2 atom stereocenters. The van der Waals surface area contributed by atoms with Crippen molar-refractivity contribution < 1.29 is 22.7 Å². The Balaban J connectivity index is 1.75. The quantitative estimate of drug-likeness (QED) is 0.851. The number of fused-ring (bicyclic) bond motifs is 1. The number of ether oxygens (including phenoxy) is 1. The zero-order chi connectivity index (χ0) is 19.1. The lowest BCUT2D eigenvalue weighted by molar-refractivity contribution is 0.0465. The molecule has 9 heteroatoms. The molecule has 0 unspecified atom stereocenters. The molecule has 1 aliphatic rings. The molecular formula is C17H21F3N4O2. The summed E-state index contributed by atoms with van der Waals surface area (Å²) in [6.45, 7) is 5.61. The highest BCUT2D eigenvalue weighted by molar-refractivity contribution is 5.78. The molecule has 0 spiro atoms. The zero-order valence-electron chi connectivity index (χ0n) is 14.8. The maximum absolute atomic E-state index is 14.2. The normalized spacial score (nSPS) is 21.1. The molecule has 0 radical (unpaired) electrons. The van der Waals surface area contributed by atoms with Crippen LogP contribution in [0.2, 0.25) is 0 Å². The number of imidazole rings is 1. The molecule has 142 valence electrons. The second-order valence-corrected chi connectivity index (χ2v) is 7.35. The van der Waals surface area contributed by atoms with E-state index in [0.717, 1.165) is 12.1 Å². The van der Waals surface area contributed by atoms with Gasteiger partial charge >= 0.3 is 6.09 Å². The molecule has 6 nitrogen and oxygen atoms in total. The van der Waals surface area contributed by atoms with E-state index >= 15 is 0 Å². The van der Waals surface area contributed by atoms with Gasteiger partial charge in [-0.1, -0.05) is 0 Å². The smallest absolute Gasteiger partial charge is 0.408 e. The van der Waals surface area contributed by atoms with Crippen molar-refractivity contribution in [3.05, 3.63) is 23.8 Å². The van der Waals surface area contributed by atoms with Crippen molar-refractivity contribution in [1.82, 2.24) is 15.3 Å². The van der Waals surface area contributed by atoms with Crippen LogP contribution in [0.3, 0.4) is 0 Å². The standard InChI is InChI=1S/C17H21F3N4O2/c1-17(2,3)26-16(25)22-13-8-24(5-4-10(13)19)15-21-12-7-9(18)6-11(20)14(12)23-15/h6-7,10,13H,4-5,8H2,1-3H3,(H,21,23)(H,22,25)/t10-,13-/m1/s1. The van der Waals surface area contributed by atoms with E-state index in [4.69, 9.17) is 4.74 Å². The van der Waals surface area contributed by atoms with E-state index in [0.29, 0.717) is 12.5 Å².